The fraction of sp³-hybridized carbons (Fsp3) is 0.233. The number of para-hydroxylation sites is 1. The van der Waals surface area contributed by atoms with E-state index in [-0.39, 0.29) is 6.03 Å². The van der Waals surface area contributed by atoms with Crippen molar-refractivity contribution in [3.05, 3.63) is 107 Å². The van der Waals surface area contributed by atoms with Crippen LogP contribution in [0.2, 0.25) is 0 Å². The molecule has 7 nitrogen and oxygen atoms in total. The zero-order valence-corrected chi connectivity index (χ0v) is 21.5. The third-order valence-electron chi connectivity index (χ3n) is 6.80. The van der Waals surface area contributed by atoms with Gasteiger partial charge in [-0.3, -0.25) is 4.90 Å². The molecule has 0 saturated carbocycles. The molecule has 0 radical (unpaired) electrons. The van der Waals surface area contributed by atoms with Gasteiger partial charge in [-0.2, -0.15) is 4.98 Å². The van der Waals surface area contributed by atoms with Crippen LogP contribution in [0.1, 0.15) is 48.0 Å². The molecule has 0 fully saturated rings. The molecule has 0 aliphatic carbocycles. The topological polar surface area (TPSA) is 80.5 Å². The maximum absolute atomic E-state index is 13.4. The largest absolute Gasteiger partial charge is 0.496 e. The van der Waals surface area contributed by atoms with E-state index in [2.05, 4.69) is 29.5 Å². The summed E-state index contributed by atoms with van der Waals surface area (Å²) in [6, 6.07) is 23.3. The zero-order valence-electron chi connectivity index (χ0n) is 21.5. The number of amides is 2. The number of benzene rings is 3. The average molecular weight is 495 g/mol. The number of urea groups is 1. The van der Waals surface area contributed by atoms with Crippen molar-refractivity contribution in [3.8, 4) is 17.1 Å². The normalized spacial score (nSPS) is 15.6. The van der Waals surface area contributed by atoms with Crippen LogP contribution in [0.25, 0.3) is 17.0 Å². The number of allylic oxidation sites excluding steroid dienone is 1. The van der Waals surface area contributed by atoms with Gasteiger partial charge in [0, 0.05) is 16.8 Å². The molecule has 0 bridgehead atoms. The molecule has 1 aliphatic heterocycles. The number of aromatic nitrogens is 2. The molecule has 1 unspecified atom stereocenters. The molecule has 0 saturated heterocycles. The highest BCUT2D eigenvalue weighted by molar-refractivity contribution is 5.87. The van der Waals surface area contributed by atoms with Crippen LogP contribution in [0.3, 0.4) is 0 Å². The minimum absolute atomic E-state index is 0.199. The Morgan fingerprint density at radius 1 is 1.00 bits per heavy atom. The third kappa shape index (κ3) is 4.85. The highest BCUT2D eigenvalue weighted by Crippen LogP contribution is 2.38. The van der Waals surface area contributed by atoms with Crippen molar-refractivity contribution in [1.82, 2.24) is 20.4 Å². The maximum atomic E-state index is 13.4. The van der Waals surface area contributed by atoms with Crippen LogP contribution < -0.4 is 10.1 Å². The van der Waals surface area contributed by atoms with Gasteiger partial charge >= 0.3 is 6.03 Å². The van der Waals surface area contributed by atoms with Crippen molar-refractivity contribution < 1.29 is 14.1 Å². The summed E-state index contributed by atoms with van der Waals surface area (Å²) >= 11 is 0. The van der Waals surface area contributed by atoms with Crippen molar-refractivity contribution >= 4 is 11.6 Å². The molecule has 5 rings (SSSR count). The van der Waals surface area contributed by atoms with E-state index in [1.165, 1.54) is 5.56 Å². The Labute approximate surface area is 216 Å². The van der Waals surface area contributed by atoms with Gasteiger partial charge in [-0.15, -0.1) is 0 Å². The monoisotopic (exact) mass is 494 g/mol. The number of ether oxygens (including phenoxy) is 1. The molecule has 7 heteroatoms. The molecule has 2 amide bonds. The number of methoxy groups -OCH3 is 1. The fourth-order valence-electron chi connectivity index (χ4n) is 4.60. The third-order valence-corrected chi connectivity index (χ3v) is 6.80. The first-order valence-electron chi connectivity index (χ1n) is 12.4. The molecule has 3 aromatic carbocycles. The Morgan fingerprint density at radius 2 is 1.73 bits per heavy atom. The summed E-state index contributed by atoms with van der Waals surface area (Å²) in [6.07, 6.45) is 0.940. The summed E-state index contributed by atoms with van der Waals surface area (Å²) in [5, 5.41) is 7.44. The van der Waals surface area contributed by atoms with Crippen LogP contribution in [-0.4, -0.2) is 28.2 Å². The molecular formula is C30H30N4O3. The van der Waals surface area contributed by atoms with Crippen LogP contribution >= 0.6 is 0 Å². The summed E-state index contributed by atoms with van der Waals surface area (Å²) in [5.74, 6) is 1.60. The van der Waals surface area contributed by atoms with E-state index in [0.717, 1.165) is 45.7 Å². The second kappa shape index (κ2) is 10.3. The zero-order chi connectivity index (χ0) is 25.9. The molecule has 0 spiro atoms. The predicted molar refractivity (Wildman–Crippen MR) is 143 cm³/mol. The quantitative estimate of drug-likeness (QED) is 0.325. The van der Waals surface area contributed by atoms with Gasteiger partial charge < -0.3 is 14.6 Å². The van der Waals surface area contributed by atoms with Gasteiger partial charge in [0.1, 0.15) is 5.75 Å². The highest BCUT2D eigenvalue weighted by Gasteiger charge is 2.36. The number of hydrogen-bond acceptors (Lipinski definition) is 5. The van der Waals surface area contributed by atoms with E-state index in [4.69, 9.17) is 14.2 Å². The standard InChI is InChI=1S/C30H30N4O3/c1-5-21-12-16-22(17-13-21)27-26(29-32-28(33-37-29)23-14-10-19(2)11-15-23)20(3)34(30(35)31-27)18-24-8-6-7-9-25(24)36-4/h6-17,27H,5,18H2,1-4H3,(H,31,35). The molecule has 1 N–H and O–H groups in total. The number of nitrogens with zero attached hydrogens (tertiary/aromatic N) is 3. The van der Waals surface area contributed by atoms with E-state index in [9.17, 15) is 4.79 Å². The Bertz CT molecular complexity index is 1440. The lowest BCUT2D eigenvalue weighted by Crippen LogP contribution is -2.45. The average Bonchev–Trinajstić information content (AvgIpc) is 3.41. The van der Waals surface area contributed by atoms with Crippen molar-refractivity contribution in [3.63, 3.8) is 0 Å². The lowest BCUT2D eigenvalue weighted by molar-refractivity contribution is 0.202. The van der Waals surface area contributed by atoms with Crippen LogP contribution in [0.5, 0.6) is 5.75 Å². The summed E-state index contributed by atoms with van der Waals surface area (Å²) in [4.78, 5) is 19.9. The van der Waals surface area contributed by atoms with E-state index in [1.54, 1.807) is 12.0 Å². The molecule has 1 aromatic heterocycles. The second-order valence-corrected chi connectivity index (χ2v) is 9.16. The van der Waals surface area contributed by atoms with Crippen molar-refractivity contribution in [2.24, 2.45) is 0 Å². The SMILES string of the molecule is CCc1ccc(C2NC(=O)N(Cc3ccccc3OC)C(C)=C2c2nc(-c3ccc(C)cc3)no2)cc1. The van der Waals surface area contributed by atoms with Crippen LogP contribution in [0, 0.1) is 6.92 Å². The number of nitrogens with one attached hydrogen (secondary N) is 1. The predicted octanol–water partition coefficient (Wildman–Crippen LogP) is 6.31. The summed E-state index contributed by atoms with van der Waals surface area (Å²) in [7, 11) is 1.63. The Kier molecular flexibility index (Phi) is 6.77. The van der Waals surface area contributed by atoms with Crippen LogP contribution in [-0.2, 0) is 13.0 Å². The summed E-state index contributed by atoms with van der Waals surface area (Å²) < 4.78 is 11.3. The first-order valence-corrected chi connectivity index (χ1v) is 12.4. The molecule has 188 valence electrons. The highest BCUT2D eigenvalue weighted by atomic mass is 16.5. The number of carbonyl (C=O) groups excluding carboxylic acids is 1. The van der Waals surface area contributed by atoms with Crippen molar-refractivity contribution in [2.45, 2.75) is 39.8 Å². The van der Waals surface area contributed by atoms with E-state index < -0.39 is 6.04 Å². The smallest absolute Gasteiger partial charge is 0.322 e. The van der Waals surface area contributed by atoms with Crippen LogP contribution in [0.4, 0.5) is 4.79 Å². The molecule has 2 heterocycles. The fourth-order valence-corrected chi connectivity index (χ4v) is 4.60. The lowest BCUT2D eigenvalue weighted by Gasteiger charge is -2.35. The Hall–Kier alpha value is -4.39. The second-order valence-electron chi connectivity index (χ2n) is 9.16. The van der Waals surface area contributed by atoms with Gasteiger partial charge in [0.2, 0.25) is 5.82 Å². The Morgan fingerprint density at radius 3 is 2.43 bits per heavy atom. The maximum Gasteiger partial charge on any atom is 0.322 e. The van der Waals surface area contributed by atoms with Gasteiger partial charge in [-0.25, -0.2) is 4.79 Å². The minimum atomic E-state index is -0.432. The van der Waals surface area contributed by atoms with E-state index in [1.807, 2.05) is 74.5 Å². The first-order chi connectivity index (χ1) is 18.0. The first kappa shape index (κ1) is 24.3. The molecule has 1 atom stereocenters. The van der Waals surface area contributed by atoms with Gasteiger partial charge in [-0.05, 0) is 37.5 Å². The van der Waals surface area contributed by atoms with Gasteiger partial charge in [0.05, 0.1) is 25.3 Å². The number of carbonyl (C=O) groups is 1. The number of rotatable bonds is 7. The van der Waals surface area contributed by atoms with E-state index in [0.29, 0.717) is 18.3 Å². The van der Waals surface area contributed by atoms with Gasteiger partial charge in [0.15, 0.2) is 0 Å². The van der Waals surface area contributed by atoms with Gasteiger partial charge in [-0.1, -0.05) is 84.4 Å². The molecule has 4 aromatic rings. The van der Waals surface area contributed by atoms with E-state index >= 15 is 0 Å². The number of hydrogen-bond donors (Lipinski definition) is 1. The van der Waals surface area contributed by atoms with Crippen LogP contribution in [0.15, 0.2) is 83.0 Å². The Balaban J connectivity index is 1.59. The molecule has 37 heavy (non-hydrogen) atoms. The van der Waals surface area contributed by atoms with Crippen molar-refractivity contribution in [1.29, 1.82) is 0 Å². The van der Waals surface area contributed by atoms with Gasteiger partial charge in [0.25, 0.3) is 5.89 Å². The number of aryl methyl sites for hydroxylation is 2. The minimum Gasteiger partial charge on any atom is -0.496 e. The molecule has 1 aliphatic rings. The summed E-state index contributed by atoms with van der Waals surface area (Å²) in [6.45, 7) is 6.42. The van der Waals surface area contributed by atoms with Crippen molar-refractivity contribution in [2.75, 3.05) is 7.11 Å². The lowest BCUT2D eigenvalue weighted by atomic mass is 9.93. The summed E-state index contributed by atoms with van der Waals surface area (Å²) in [5.41, 5.74) is 6.62. The molecular weight excluding hydrogens is 464 g/mol.